The number of methoxy groups -OCH3 is 2. The van der Waals surface area contributed by atoms with Gasteiger partial charge < -0.3 is 23.7 Å². The summed E-state index contributed by atoms with van der Waals surface area (Å²) in [4.78, 5) is 26.5. The molecule has 1 aliphatic rings. The molecule has 1 amide bonds. The predicted octanol–water partition coefficient (Wildman–Crippen LogP) is 2.21. The summed E-state index contributed by atoms with van der Waals surface area (Å²) in [6, 6.07) is 3.97. The molecule has 4 rings (SSSR count). The van der Waals surface area contributed by atoms with Crippen molar-refractivity contribution in [3.63, 3.8) is 0 Å². The number of fused-ring (bicyclic) bond motifs is 1. The maximum absolute atomic E-state index is 13.0. The quantitative estimate of drug-likeness (QED) is 0.505. The minimum atomic E-state index is -0.248. The van der Waals surface area contributed by atoms with Crippen molar-refractivity contribution < 1.29 is 19.0 Å². The zero-order chi connectivity index (χ0) is 23.4. The molecule has 178 valence electrons. The molecule has 33 heavy (non-hydrogen) atoms. The van der Waals surface area contributed by atoms with Gasteiger partial charge >= 0.3 is 0 Å². The summed E-state index contributed by atoms with van der Waals surface area (Å²) >= 11 is 1.45. The van der Waals surface area contributed by atoms with Crippen LogP contribution in [0.2, 0.25) is 0 Å². The molecule has 10 nitrogen and oxygen atoms in total. The smallest absolute Gasteiger partial charge is 0.275 e. The van der Waals surface area contributed by atoms with Crippen LogP contribution < -0.4 is 15.0 Å². The van der Waals surface area contributed by atoms with Crippen LogP contribution in [0.25, 0.3) is 10.2 Å². The number of hydrogen-bond acceptors (Lipinski definition) is 9. The van der Waals surface area contributed by atoms with E-state index in [9.17, 15) is 4.79 Å². The van der Waals surface area contributed by atoms with Crippen LogP contribution in [-0.4, -0.2) is 86.1 Å². The molecule has 1 aliphatic heterocycles. The number of thiazole rings is 1. The Labute approximate surface area is 197 Å². The molecular formula is C22H30N6O4S. The largest absolute Gasteiger partial charge is 0.494 e. The van der Waals surface area contributed by atoms with E-state index in [0.717, 1.165) is 41.4 Å². The van der Waals surface area contributed by atoms with Crippen LogP contribution in [-0.2, 0) is 23.1 Å². The van der Waals surface area contributed by atoms with E-state index >= 15 is 0 Å². The van der Waals surface area contributed by atoms with Crippen molar-refractivity contribution in [1.29, 1.82) is 0 Å². The van der Waals surface area contributed by atoms with Gasteiger partial charge in [-0.15, -0.1) is 0 Å². The Morgan fingerprint density at radius 2 is 2.09 bits per heavy atom. The molecular weight excluding hydrogens is 444 g/mol. The van der Waals surface area contributed by atoms with E-state index < -0.39 is 0 Å². The van der Waals surface area contributed by atoms with Crippen molar-refractivity contribution in [2.45, 2.75) is 6.54 Å². The number of carbonyl (C=O) groups excluding carboxylic acids is 1. The van der Waals surface area contributed by atoms with Crippen molar-refractivity contribution in [1.82, 2.24) is 19.4 Å². The summed E-state index contributed by atoms with van der Waals surface area (Å²) in [6.45, 7) is 5.06. The second-order valence-electron chi connectivity index (χ2n) is 7.89. The lowest BCUT2D eigenvalue weighted by atomic mass is 10.2. The van der Waals surface area contributed by atoms with E-state index in [0.29, 0.717) is 42.9 Å². The number of nitrogens with zero attached hydrogens (tertiary/aromatic N) is 5. The van der Waals surface area contributed by atoms with E-state index in [4.69, 9.17) is 14.2 Å². The van der Waals surface area contributed by atoms with Gasteiger partial charge in [-0.1, -0.05) is 11.3 Å². The van der Waals surface area contributed by atoms with E-state index in [1.165, 1.54) is 11.3 Å². The minimum absolute atomic E-state index is 0.248. The molecule has 3 aromatic rings. The Bertz CT molecular complexity index is 1110. The first kappa shape index (κ1) is 23.4. The Morgan fingerprint density at radius 1 is 1.30 bits per heavy atom. The van der Waals surface area contributed by atoms with Crippen molar-refractivity contribution in [2.24, 2.45) is 7.05 Å². The van der Waals surface area contributed by atoms with Gasteiger partial charge in [0.1, 0.15) is 22.8 Å². The fourth-order valence-electron chi connectivity index (χ4n) is 3.78. The lowest BCUT2D eigenvalue weighted by Crippen LogP contribution is -2.36. The number of rotatable bonds is 9. The molecule has 0 spiro atoms. The first-order chi connectivity index (χ1) is 16.0. The standard InChI is InChI=1S/C22H30N6O4S/c1-26(7-10-30-3)14-18-23-13-16(27(18)2)21(29)25-22-24-19-17(31-4)6-5-15(20(19)33-22)28-8-11-32-12-9-28/h5-6,13H,7-12,14H2,1-4H3,(H,24,25,29). The highest BCUT2D eigenvalue weighted by molar-refractivity contribution is 7.23. The van der Waals surface area contributed by atoms with E-state index in [2.05, 4.69) is 25.1 Å². The van der Waals surface area contributed by atoms with Crippen LogP contribution in [0.1, 0.15) is 16.3 Å². The number of amides is 1. The number of anilines is 2. The first-order valence-electron chi connectivity index (χ1n) is 10.8. The van der Waals surface area contributed by atoms with Crippen LogP contribution in [0.15, 0.2) is 18.3 Å². The Kier molecular flexibility index (Phi) is 7.43. The number of benzene rings is 1. The highest BCUT2D eigenvalue weighted by Gasteiger charge is 2.21. The van der Waals surface area contributed by atoms with Crippen LogP contribution in [0.5, 0.6) is 5.75 Å². The zero-order valence-corrected chi connectivity index (χ0v) is 20.3. The number of carbonyl (C=O) groups is 1. The summed E-state index contributed by atoms with van der Waals surface area (Å²) in [7, 11) is 7.15. The summed E-state index contributed by atoms with van der Waals surface area (Å²) < 4.78 is 18.9. The number of hydrogen-bond donors (Lipinski definition) is 1. The van der Waals surface area contributed by atoms with Gasteiger partial charge in [-0.05, 0) is 19.2 Å². The molecule has 1 fully saturated rings. The number of nitrogens with one attached hydrogen (secondary N) is 1. The maximum Gasteiger partial charge on any atom is 0.275 e. The molecule has 0 aliphatic carbocycles. The Hall–Kier alpha value is -2.73. The van der Waals surface area contributed by atoms with Gasteiger partial charge in [0.15, 0.2) is 5.13 Å². The summed E-state index contributed by atoms with van der Waals surface area (Å²) in [5, 5.41) is 3.47. The van der Waals surface area contributed by atoms with Crippen molar-refractivity contribution >= 4 is 38.3 Å². The number of ether oxygens (including phenoxy) is 3. The van der Waals surface area contributed by atoms with Gasteiger partial charge in [-0.3, -0.25) is 15.0 Å². The molecule has 3 heterocycles. The van der Waals surface area contributed by atoms with Crippen molar-refractivity contribution in [3.8, 4) is 5.75 Å². The van der Waals surface area contributed by atoms with Crippen LogP contribution in [0.4, 0.5) is 10.8 Å². The number of morpholine rings is 1. The summed E-state index contributed by atoms with van der Waals surface area (Å²) in [5.41, 5.74) is 2.30. The lowest BCUT2D eigenvalue weighted by Gasteiger charge is -2.29. The third kappa shape index (κ3) is 5.11. The second kappa shape index (κ2) is 10.5. The average molecular weight is 475 g/mol. The minimum Gasteiger partial charge on any atom is -0.494 e. The van der Waals surface area contributed by atoms with E-state index in [-0.39, 0.29) is 5.91 Å². The van der Waals surface area contributed by atoms with Gasteiger partial charge in [-0.2, -0.15) is 0 Å². The molecule has 0 radical (unpaired) electrons. The maximum atomic E-state index is 13.0. The Balaban J connectivity index is 1.55. The highest BCUT2D eigenvalue weighted by Crippen LogP contribution is 2.39. The van der Waals surface area contributed by atoms with Gasteiger partial charge in [0.05, 0.1) is 50.1 Å². The monoisotopic (exact) mass is 474 g/mol. The second-order valence-corrected chi connectivity index (χ2v) is 8.89. The van der Waals surface area contributed by atoms with E-state index in [1.807, 2.05) is 30.8 Å². The molecule has 1 N–H and O–H groups in total. The molecule has 0 atom stereocenters. The fourth-order valence-corrected chi connectivity index (χ4v) is 4.79. The third-order valence-corrected chi connectivity index (χ3v) is 6.68. The lowest BCUT2D eigenvalue weighted by molar-refractivity contribution is 0.101. The molecule has 0 bridgehead atoms. The fraction of sp³-hybridized carbons (Fsp3) is 0.500. The molecule has 0 saturated carbocycles. The summed E-state index contributed by atoms with van der Waals surface area (Å²) in [5.74, 6) is 1.24. The van der Waals surface area contributed by atoms with Crippen molar-refractivity contribution in [3.05, 3.63) is 29.8 Å². The first-order valence-corrected chi connectivity index (χ1v) is 11.6. The van der Waals surface area contributed by atoms with Crippen molar-refractivity contribution in [2.75, 3.05) is 70.9 Å². The third-order valence-electron chi connectivity index (χ3n) is 5.68. The van der Waals surface area contributed by atoms with Crippen LogP contribution in [0.3, 0.4) is 0 Å². The number of likely N-dealkylation sites (N-methyl/N-ethyl adjacent to an activating group) is 1. The number of aromatic nitrogens is 3. The van der Waals surface area contributed by atoms with Gasteiger partial charge in [0.25, 0.3) is 5.91 Å². The van der Waals surface area contributed by atoms with Gasteiger partial charge in [0, 0.05) is 33.8 Å². The molecule has 2 aromatic heterocycles. The summed E-state index contributed by atoms with van der Waals surface area (Å²) in [6.07, 6.45) is 1.60. The topological polar surface area (TPSA) is 94.0 Å². The average Bonchev–Trinajstić information content (AvgIpc) is 3.41. The predicted molar refractivity (Wildman–Crippen MR) is 129 cm³/mol. The van der Waals surface area contributed by atoms with E-state index in [1.54, 1.807) is 20.4 Å². The molecule has 11 heteroatoms. The normalized spacial score (nSPS) is 14.3. The SMILES string of the molecule is COCCN(C)Cc1ncc(C(=O)Nc2nc3c(OC)ccc(N4CCOCC4)c3s2)n1C. The molecule has 1 aromatic carbocycles. The highest BCUT2D eigenvalue weighted by atomic mass is 32.1. The Morgan fingerprint density at radius 3 is 2.82 bits per heavy atom. The van der Waals surface area contributed by atoms with Gasteiger partial charge in [-0.25, -0.2) is 9.97 Å². The molecule has 0 unspecified atom stereocenters. The van der Waals surface area contributed by atoms with Crippen LogP contribution in [0, 0.1) is 0 Å². The zero-order valence-electron chi connectivity index (χ0n) is 19.5. The van der Waals surface area contributed by atoms with Gasteiger partial charge in [0.2, 0.25) is 0 Å². The van der Waals surface area contributed by atoms with Crippen LogP contribution >= 0.6 is 11.3 Å². The molecule has 1 saturated heterocycles. The number of imidazole rings is 1.